The molecule has 0 bridgehead atoms. The lowest BCUT2D eigenvalue weighted by atomic mass is 10.1. The number of nitrogens with zero attached hydrogens (tertiary/aromatic N) is 2. The summed E-state index contributed by atoms with van der Waals surface area (Å²) in [6.45, 7) is 1.45. The highest BCUT2D eigenvalue weighted by molar-refractivity contribution is 5.91. The first-order valence-corrected chi connectivity index (χ1v) is 4.74. The average Bonchev–Trinajstić information content (AvgIpc) is 2.28. The van der Waals surface area contributed by atoms with Gasteiger partial charge in [-0.3, -0.25) is 14.9 Å². The molecule has 0 radical (unpaired) electrons. The van der Waals surface area contributed by atoms with Gasteiger partial charge in [-0.2, -0.15) is 0 Å². The molecule has 1 aromatic heterocycles. The SMILES string of the molecule is Cc1cc(F)c2nc(C=O)ccc2c1[N+](=O)[O-]. The van der Waals surface area contributed by atoms with E-state index in [0.717, 1.165) is 6.07 Å². The minimum Gasteiger partial charge on any atom is -0.296 e. The summed E-state index contributed by atoms with van der Waals surface area (Å²) in [5.74, 6) is -0.674. The minimum atomic E-state index is -0.674. The zero-order valence-electron chi connectivity index (χ0n) is 8.81. The highest BCUT2D eigenvalue weighted by Gasteiger charge is 2.19. The number of hydrogen-bond donors (Lipinski definition) is 0. The number of pyridine rings is 1. The predicted molar refractivity (Wildman–Crippen MR) is 58.5 cm³/mol. The van der Waals surface area contributed by atoms with Crippen LogP contribution in [0.2, 0.25) is 0 Å². The Morgan fingerprint density at radius 3 is 2.76 bits per heavy atom. The molecule has 86 valence electrons. The number of aldehydes is 1. The van der Waals surface area contributed by atoms with Crippen molar-refractivity contribution in [1.82, 2.24) is 4.98 Å². The van der Waals surface area contributed by atoms with Gasteiger partial charge in [0.05, 0.1) is 10.3 Å². The molecule has 17 heavy (non-hydrogen) atoms. The van der Waals surface area contributed by atoms with Gasteiger partial charge >= 0.3 is 0 Å². The number of nitro benzene ring substituents is 1. The second-order valence-electron chi connectivity index (χ2n) is 3.53. The van der Waals surface area contributed by atoms with Gasteiger partial charge in [0.15, 0.2) is 6.29 Å². The van der Waals surface area contributed by atoms with E-state index in [0.29, 0.717) is 6.29 Å². The third kappa shape index (κ3) is 1.73. The van der Waals surface area contributed by atoms with E-state index >= 15 is 0 Å². The highest BCUT2D eigenvalue weighted by Crippen LogP contribution is 2.30. The van der Waals surface area contributed by atoms with Crippen molar-refractivity contribution < 1.29 is 14.1 Å². The van der Waals surface area contributed by atoms with E-state index in [-0.39, 0.29) is 27.8 Å². The van der Waals surface area contributed by atoms with Crippen LogP contribution < -0.4 is 0 Å². The first-order valence-electron chi connectivity index (χ1n) is 4.74. The molecule has 0 N–H and O–H groups in total. The monoisotopic (exact) mass is 234 g/mol. The maximum atomic E-state index is 13.6. The van der Waals surface area contributed by atoms with Crippen LogP contribution in [-0.2, 0) is 0 Å². The number of nitro groups is 1. The Morgan fingerprint density at radius 1 is 1.47 bits per heavy atom. The number of aromatic nitrogens is 1. The Morgan fingerprint density at radius 2 is 2.18 bits per heavy atom. The van der Waals surface area contributed by atoms with Gasteiger partial charge in [0, 0.05) is 5.56 Å². The molecule has 0 aliphatic carbocycles. The lowest BCUT2D eigenvalue weighted by Gasteiger charge is -2.04. The molecule has 0 fully saturated rings. The van der Waals surface area contributed by atoms with Crippen LogP contribution in [0.5, 0.6) is 0 Å². The molecule has 6 heteroatoms. The van der Waals surface area contributed by atoms with E-state index in [9.17, 15) is 19.3 Å². The largest absolute Gasteiger partial charge is 0.296 e. The summed E-state index contributed by atoms with van der Waals surface area (Å²) in [6.07, 6.45) is 0.463. The van der Waals surface area contributed by atoms with Crippen molar-refractivity contribution in [3.05, 3.63) is 45.4 Å². The second-order valence-corrected chi connectivity index (χ2v) is 3.53. The number of halogens is 1. The first kappa shape index (κ1) is 11.1. The molecule has 0 saturated carbocycles. The molecular formula is C11H7FN2O3. The Bertz CT molecular complexity index is 640. The third-order valence-corrected chi connectivity index (χ3v) is 2.42. The summed E-state index contributed by atoms with van der Waals surface area (Å²) >= 11 is 0. The fourth-order valence-electron chi connectivity index (χ4n) is 1.69. The van der Waals surface area contributed by atoms with Gasteiger partial charge in [0.2, 0.25) is 0 Å². The molecule has 1 heterocycles. The maximum absolute atomic E-state index is 13.6. The Kier molecular flexibility index (Phi) is 2.55. The number of fused-ring (bicyclic) bond motifs is 1. The zero-order chi connectivity index (χ0) is 12.6. The molecule has 5 nitrogen and oxygen atoms in total. The lowest BCUT2D eigenvalue weighted by Crippen LogP contribution is -1.98. The number of rotatable bonds is 2. The molecule has 0 amide bonds. The zero-order valence-corrected chi connectivity index (χ0v) is 8.81. The van der Waals surface area contributed by atoms with Crippen LogP contribution in [0, 0.1) is 22.9 Å². The molecule has 0 atom stereocenters. The van der Waals surface area contributed by atoms with Crippen LogP contribution in [0.4, 0.5) is 10.1 Å². The van der Waals surface area contributed by atoms with Crippen LogP contribution in [0.15, 0.2) is 18.2 Å². The third-order valence-electron chi connectivity index (χ3n) is 2.42. The van der Waals surface area contributed by atoms with E-state index in [1.165, 1.54) is 19.1 Å². The number of benzene rings is 1. The van der Waals surface area contributed by atoms with Gasteiger partial charge in [-0.1, -0.05) is 0 Å². The van der Waals surface area contributed by atoms with Gasteiger partial charge in [-0.15, -0.1) is 0 Å². The number of aryl methyl sites for hydroxylation is 1. The van der Waals surface area contributed by atoms with Crippen molar-refractivity contribution in [3.63, 3.8) is 0 Å². The second kappa shape index (κ2) is 3.89. The van der Waals surface area contributed by atoms with Crippen LogP contribution in [-0.4, -0.2) is 16.2 Å². The van der Waals surface area contributed by atoms with E-state index in [1.807, 2.05) is 0 Å². The quantitative estimate of drug-likeness (QED) is 0.454. The topological polar surface area (TPSA) is 73.1 Å². The van der Waals surface area contributed by atoms with Crippen LogP contribution in [0.25, 0.3) is 10.9 Å². The fourth-order valence-corrected chi connectivity index (χ4v) is 1.69. The van der Waals surface area contributed by atoms with Gasteiger partial charge < -0.3 is 0 Å². The smallest absolute Gasteiger partial charge is 0.281 e. The van der Waals surface area contributed by atoms with Gasteiger partial charge in [-0.05, 0) is 25.1 Å². The molecule has 2 aromatic rings. The summed E-state index contributed by atoms with van der Waals surface area (Å²) in [5.41, 5.74) is -0.0894. The molecule has 0 aliphatic heterocycles. The van der Waals surface area contributed by atoms with Gasteiger partial charge in [-0.25, -0.2) is 9.37 Å². The summed E-state index contributed by atoms with van der Waals surface area (Å²) in [5, 5.41) is 11.0. The lowest BCUT2D eigenvalue weighted by molar-refractivity contribution is -0.383. The van der Waals surface area contributed by atoms with Gasteiger partial charge in [0.25, 0.3) is 5.69 Å². The van der Waals surface area contributed by atoms with Gasteiger partial charge in [0.1, 0.15) is 17.0 Å². The molecular weight excluding hydrogens is 227 g/mol. The molecule has 0 saturated heterocycles. The van der Waals surface area contributed by atoms with Crippen LogP contribution in [0.3, 0.4) is 0 Å². The molecule has 0 unspecified atom stereocenters. The predicted octanol–water partition coefficient (Wildman–Crippen LogP) is 2.40. The molecule has 0 spiro atoms. The van der Waals surface area contributed by atoms with Crippen molar-refractivity contribution in [2.75, 3.05) is 0 Å². The Labute approximate surface area is 95.0 Å². The maximum Gasteiger partial charge on any atom is 0.281 e. The number of carbonyl (C=O) groups excluding carboxylic acids is 1. The summed E-state index contributed by atoms with van der Waals surface area (Å²) < 4.78 is 13.6. The Balaban J connectivity index is 2.92. The summed E-state index contributed by atoms with van der Waals surface area (Å²) in [6, 6.07) is 3.70. The van der Waals surface area contributed by atoms with Crippen LogP contribution >= 0.6 is 0 Å². The molecule has 0 aliphatic rings. The van der Waals surface area contributed by atoms with E-state index < -0.39 is 10.7 Å². The summed E-state index contributed by atoms with van der Waals surface area (Å²) in [4.78, 5) is 24.6. The molecule has 1 aromatic carbocycles. The van der Waals surface area contributed by atoms with E-state index in [1.54, 1.807) is 0 Å². The highest BCUT2D eigenvalue weighted by atomic mass is 19.1. The first-order chi connectivity index (χ1) is 8.04. The van der Waals surface area contributed by atoms with Crippen molar-refractivity contribution in [2.24, 2.45) is 0 Å². The van der Waals surface area contributed by atoms with Crippen molar-refractivity contribution in [3.8, 4) is 0 Å². The minimum absolute atomic E-state index is 0.0366. The van der Waals surface area contributed by atoms with Crippen molar-refractivity contribution in [1.29, 1.82) is 0 Å². The normalized spacial score (nSPS) is 10.5. The molecule has 2 rings (SSSR count). The average molecular weight is 234 g/mol. The van der Waals surface area contributed by atoms with Crippen molar-refractivity contribution >= 4 is 22.9 Å². The van der Waals surface area contributed by atoms with Crippen LogP contribution in [0.1, 0.15) is 16.1 Å². The number of carbonyl (C=O) groups is 1. The summed E-state index contributed by atoms with van der Waals surface area (Å²) in [7, 11) is 0. The fraction of sp³-hybridized carbons (Fsp3) is 0.0909. The Hall–Kier alpha value is -2.37. The number of hydrogen-bond acceptors (Lipinski definition) is 4. The standard InChI is InChI=1S/C11H7FN2O3/c1-6-4-9(12)10-8(11(6)14(16)17)3-2-7(5-15)13-10/h2-5H,1H3. The van der Waals surface area contributed by atoms with E-state index in [2.05, 4.69) is 4.98 Å². The van der Waals surface area contributed by atoms with Crippen molar-refractivity contribution in [2.45, 2.75) is 6.92 Å². The van der Waals surface area contributed by atoms with E-state index in [4.69, 9.17) is 0 Å².